The SMILES string of the molecule is O=S(=O)(NCCC[C@H]1C[C@H](Cc2ccccc2)CCN1)c1ccc(F)cc1. The third kappa shape index (κ3) is 6.13. The first-order valence-corrected chi connectivity index (χ1v) is 11.0. The fourth-order valence-electron chi connectivity index (χ4n) is 3.70. The average Bonchev–Trinajstić information content (AvgIpc) is 2.67. The summed E-state index contributed by atoms with van der Waals surface area (Å²) in [6, 6.07) is 15.9. The zero-order chi connectivity index (χ0) is 19.1. The van der Waals surface area contributed by atoms with E-state index in [0.717, 1.165) is 44.4 Å². The summed E-state index contributed by atoms with van der Waals surface area (Å²) in [6.45, 7) is 1.41. The first-order chi connectivity index (χ1) is 13.0. The molecule has 2 aromatic rings. The van der Waals surface area contributed by atoms with Gasteiger partial charge in [0, 0.05) is 12.6 Å². The van der Waals surface area contributed by atoms with Crippen LogP contribution < -0.4 is 10.0 Å². The second-order valence-electron chi connectivity index (χ2n) is 7.23. The second-order valence-corrected chi connectivity index (χ2v) is 8.99. The van der Waals surface area contributed by atoms with Gasteiger partial charge in [-0.1, -0.05) is 30.3 Å². The van der Waals surface area contributed by atoms with E-state index in [0.29, 0.717) is 18.5 Å². The zero-order valence-corrected chi connectivity index (χ0v) is 16.2. The molecule has 0 aromatic heterocycles. The van der Waals surface area contributed by atoms with Crippen LogP contribution >= 0.6 is 0 Å². The molecule has 2 aromatic carbocycles. The molecular formula is C21H27FN2O2S. The van der Waals surface area contributed by atoms with Gasteiger partial charge in [0.05, 0.1) is 4.90 Å². The third-order valence-electron chi connectivity index (χ3n) is 5.12. The monoisotopic (exact) mass is 390 g/mol. The van der Waals surface area contributed by atoms with Crippen molar-refractivity contribution in [1.82, 2.24) is 10.0 Å². The fraction of sp³-hybridized carbons (Fsp3) is 0.429. The molecule has 0 aliphatic carbocycles. The van der Waals surface area contributed by atoms with Gasteiger partial charge in [0.2, 0.25) is 10.0 Å². The van der Waals surface area contributed by atoms with E-state index in [1.807, 2.05) is 6.07 Å². The van der Waals surface area contributed by atoms with Crippen molar-refractivity contribution < 1.29 is 12.8 Å². The van der Waals surface area contributed by atoms with Crippen molar-refractivity contribution in [3.05, 3.63) is 66.0 Å². The van der Waals surface area contributed by atoms with Crippen LogP contribution in [-0.4, -0.2) is 27.5 Å². The Hall–Kier alpha value is -1.76. The number of rotatable bonds is 8. The van der Waals surface area contributed by atoms with E-state index in [4.69, 9.17) is 0 Å². The average molecular weight is 391 g/mol. The number of halogens is 1. The standard InChI is InChI=1S/C21H27FN2O2S/c22-19-8-10-21(11-9-19)27(25,26)24-13-4-7-20-16-18(12-14-23-20)15-17-5-2-1-3-6-17/h1-3,5-6,8-11,18,20,23-24H,4,7,12-16H2/t18-,20-/m0/s1. The van der Waals surface area contributed by atoms with Crippen LogP contribution in [0.1, 0.15) is 31.2 Å². The van der Waals surface area contributed by atoms with Crippen molar-refractivity contribution in [1.29, 1.82) is 0 Å². The Kier molecular flexibility index (Phi) is 6.99. The quantitative estimate of drug-likeness (QED) is 0.679. The summed E-state index contributed by atoms with van der Waals surface area (Å²) in [5, 5.41) is 3.55. The van der Waals surface area contributed by atoms with Crippen molar-refractivity contribution in [3.63, 3.8) is 0 Å². The van der Waals surface area contributed by atoms with Gasteiger partial charge in [0.15, 0.2) is 0 Å². The van der Waals surface area contributed by atoms with Crippen LogP contribution in [0.5, 0.6) is 0 Å². The third-order valence-corrected chi connectivity index (χ3v) is 6.59. The van der Waals surface area contributed by atoms with Gasteiger partial charge in [-0.15, -0.1) is 0 Å². The number of hydrogen-bond acceptors (Lipinski definition) is 3. The van der Waals surface area contributed by atoms with E-state index in [1.54, 1.807) is 0 Å². The molecule has 0 saturated carbocycles. The predicted octanol–water partition coefficient (Wildman–Crippen LogP) is 3.50. The van der Waals surface area contributed by atoms with Gasteiger partial charge < -0.3 is 5.32 Å². The molecular weight excluding hydrogens is 363 g/mol. The molecule has 1 aliphatic rings. The van der Waals surface area contributed by atoms with Gasteiger partial charge >= 0.3 is 0 Å². The minimum absolute atomic E-state index is 0.0996. The van der Waals surface area contributed by atoms with Crippen LogP contribution in [0.2, 0.25) is 0 Å². The van der Waals surface area contributed by atoms with Crippen molar-refractivity contribution in [2.45, 2.75) is 43.0 Å². The van der Waals surface area contributed by atoms with Gasteiger partial charge in [0.1, 0.15) is 5.82 Å². The molecule has 3 rings (SSSR count). The van der Waals surface area contributed by atoms with Crippen LogP contribution in [0.3, 0.4) is 0 Å². The van der Waals surface area contributed by atoms with Gasteiger partial charge in [-0.25, -0.2) is 17.5 Å². The highest BCUT2D eigenvalue weighted by Gasteiger charge is 2.21. The van der Waals surface area contributed by atoms with Crippen LogP contribution in [0.4, 0.5) is 4.39 Å². The predicted molar refractivity (Wildman–Crippen MR) is 105 cm³/mol. The molecule has 0 spiro atoms. The van der Waals surface area contributed by atoms with E-state index in [1.165, 1.54) is 24.1 Å². The van der Waals surface area contributed by atoms with E-state index in [-0.39, 0.29) is 4.90 Å². The van der Waals surface area contributed by atoms with Gasteiger partial charge in [-0.05, 0) is 74.4 Å². The Morgan fingerprint density at radius 2 is 1.81 bits per heavy atom. The number of benzene rings is 2. The lowest BCUT2D eigenvalue weighted by Gasteiger charge is -2.30. The summed E-state index contributed by atoms with van der Waals surface area (Å²) in [5.41, 5.74) is 1.38. The molecule has 0 radical (unpaired) electrons. The summed E-state index contributed by atoms with van der Waals surface area (Å²) in [4.78, 5) is 0.0996. The highest BCUT2D eigenvalue weighted by Crippen LogP contribution is 2.23. The summed E-state index contributed by atoms with van der Waals surface area (Å²) >= 11 is 0. The first-order valence-electron chi connectivity index (χ1n) is 9.55. The molecule has 0 amide bonds. The molecule has 2 atom stereocenters. The van der Waals surface area contributed by atoms with Crippen LogP contribution in [0, 0.1) is 11.7 Å². The Morgan fingerprint density at radius 3 is 2.56 bits per heavy atom. The number of hydrogen-bond donors (Lipinski definition) is 2. The zero-order valence-electron chi connectivity index (χ0n) is 15.4. The molecule has 0 unspecified atom stereocenters. The Labute approximate surface area is 161 Å². The van der Waals surface area contributed by atoms with Gasteiger partial charge in [-0.3, -0.25) is 0 Å². The van der Waals surface area contributed by atoms with Crippen LogP contribution in [0.15, 0.2) is 59.5 Å². The lowest BCUT2D eigenvalue weighted by atomic mass is 9.86. The second kappa shape index (κ2) is 9.44. The number of piperidine rings is 1. The summed E-state index contributed by atoms with van der Waals surface area (Å²) < 4.78 is 39.9. The van der Waals surface area contributed by atoms with E-state index in [9.17, 15) is 12.8 Å². The molecule has 4 nitrogen and oxygen atoms in total. The minimum atomic E-state index is -3.57. The molecule has 2 N–H and O–H groups in total. The molecule has 1 heterocycles. The molecule has 0 bridgehead atoms. The molecule has 6 heteroatoms. The highest BCUT2D eigenvalue weighted by molar-refractivity contribution is 7.89. The number of sulfonamides is 1. The lowest BCUT2D eigenvalue weighted by molar-refractivity contribution is 0.286. The minimum Gasteiger partial charge on any atom is -0.314 e. The van der Waals surface area contributed by atoms with E-state index < -0.39 is 15.8 Å². The largest absolute Gasteiger partial charge is 0.314 e. The Bertz CT molecular complexity index is 810. The van der Waals surface area contributed by atoms with Crippen molar-refractivity contribution in [3.8, 4) is 0 Å². The van der Waals surface area contributed by atoms with Gasteiger partial charge in [-0.2, -0.15) is 0 Å². The topological polar surface area (TPSA) is 58.2 Å². The first kappa shape index (κ1) is 20.0. The number of nitrogens with one attached hydrogen (secondary N) is 2. The smallest absolute Gasteiger partial charge is 0.240 e. The molecule has 1 saturated heterocycles. The van der Waals surface area contributed by atoms with E-state index in [2.05, 4.69) is 34.3 Å². The van der Waals surface area contributed by atoms with E-state index >= 15 is 0 Å². The van der Waals surface area contributed by atoms with Crippen molar-refractivity contribution in [2.75, 3.05) is 13.1 Å². The molecule has 146 valence electrons. The Morgan fingerprint density at radius 1 is 1.07 bits per heavy atom. The summed E-state index contributed by atoms with van der Waals surface area (Å²) in [6.07, 6.45) is 5.13. The van der Waals surface area contributed by atoms with Gasteiger partial charge in [0.25, 0.3) is 0 Å². The van der Waals surface area contributed by atoms with Crippen LogP contribution in [0.25, 0.3) is 0 Å². The maximum absolute atomic E-state index is 12.9. The maximum Gasteiger partial charge on any atom is 0.240 e. The molecule has 1 fully saturated rings. The van der Waals surface area contributed by atoms with Crippen molar-refractivity contribution >= 4 is 10.0 Å². The Balaban J connectivity index is 1.41. The summed E-state index contributed by atoms with van der Waals surface area (Å²) in [5.74, 6) is 0.233. The lowest BCUT2D eigenvalue weighted by Crippen LogP contribution is -2.39. The van der Waals surface area contributed by atoms with Crippen molar-refractivity contribution in [2.24, 2.45) is 5.92 Å². The fourth-order valence-corrected chi connectivity index (χ4v) is 4.77. The maximum atomic E-state index is 12.9. The normalized spacial score (nSPS) is 20.5. The summed E-state index contributed by atoms with van der Waals surface area (Å²) in [7, 11) is -3.57. The highest BCUT2D eigenvalue weighted by atomic mass is 32.2. The van der Waals surface area contributed by atoms with Crippen LogP contribution in [-0.2, 0) is 16.4 Å². The molecule has 1 aliphatic heterocycles. The molecule has 27 heavy (non-hydrogen) atoms.